The lowest BCUT2D eigenvalue weighted by Crippen LogP contribution is -2.50. The molecule has 0 aliphatic carbocycles. The van der Waals surface area contributed by atoms with Gasteiger partial charge in [-0.25, -0.2) is 4.39 Å². The van der Waals surface area contributed by atoms with Crippen molar-refractivity contribution in [2.75, 3.05) is 29.6 Å². The fourth-order valence-corrected chi connectivity index (χ4v) is 4.33. The van der Waals surface area contributed by atoms with Gasteiger partial charge in [-0.15, -0.1) is 0 Å². The maximum Gasteiger partial charge on any atom is 0.273 e. The van der Waals surface area contributed by atoms with E-state index in [0.29, 0.717) is 23.5 Å². The van der Waals surface area contributed by atoms with Crippen LogP contribution in [0.1, 0.15) is 59.0 Å². The second-order valence-corrected chi connectivity index (χ2v) is 10.2. The van der Waals surface area contributed by atoms with Crippen LogP contribution in [0.4, 0.5) is 21.5 Å². The number of primary amides is 1. The number of nitrogens with two attached hydrogens (primary N) is 2. The third-order valence-corrected chi connectivity index (χ3v) is 6.91. The molecule has 5 N–H and O–H groups in total. The average molecular weight is 527 g/mol. The minimum absolute atomic E-state index is 0.0596. The molecule has 37 heavy (non-hydrogen) atoms. The van der Waals surface area contributed by atoms with Gasteiger partial charge in [0.1, 0.15) is 16.7 Å². The zero-order valence-electron chi connectivity index (χ0n) is 21.4. The highest BCUT2D eigenvalue weighted by atomic mass is 32.1. The Balaban J connectivity index is 2.23. The molecule has 3 amide bonds. The van der Waals surface area contributed by atoms with Crippen LogP contribution in [0.25, 0.3) is 0 Å². The topological polar surface area (TPSA) is 135 Å². The Hall–Kier alpha value is -3.99. The summed E-state index contributed by atoms with van der Waals surface area (Å²) in [4.78, 5) is 42.7. The molecule has 9 nitrogen and oxygen atoms in total. The fraction of sp³-hybridized carbons (Fsp3) is 0.308. The summed E-state index contributed by atoms with van der Waals surface area (Å²) in [5.41, 5.74) is 12.1. The summed E-state index contributed by atoms with van der Waals surface area (Å²) in [7, 11) is 3.78. The first kappa shape index (κ1) is 27.6. The fourth-order valence-electron chi connectivity index (χ4n) is 3.59. The van der Waals surface area contributed by atoms with Crippen LogP contribution in [0.3, 0.4) is 0 Å². The molecule has 0 saturated carbocycles. The number of nitrogens with zero attached hydrogens (tertiary/aromatic N) is 3. The van der Waals surface area contributed by atoms with Gasteiger partial charge in [-0.05, 0) is 73.8 Å². The first-order valence-electron chi connectivity index (χ1n) is 11.6. The smallest absolute Gasteiger partial charge is 0.273 e. The van der Waals surface area contributed by atoms with Gasteiger partial charge >= 0.3 is 0 Å². The van der Waals surface area contributed by atoms with Crippen LogP contribution in [0.5, 0.6) is 0 Å². The molecule has 2 aromatic carbocycles. The predicted molar refractivity (Wildman–Crippen MR) is 144 cm³/mol. The van der Waals surface area contributed by atoms with Gasteiger partial charge in [0.2, 0.25) is 5.91 Å². The van der Waals surface area contributed by atoms with Crippen molar-refractivity contribution in [2.24, 2.45) is 5.73 Å². The minimum atomic E-state index is -1.15. The zero-order valence-corrected chi connectivity index (χ0v) is 22.2. The highest BCUT2D eigenvalue weighted by molar-refractivity contribution is 7.09. The van der Waals surface area contributed by atoms with E-state index in [4.69, 9.17) is 11.5 Å². The van der Waals surface area contributed by atoms with E-state index in [9.17, 15) is 18.8 Å². The first-order valence-corrected chi connectivity index (χ1v) is 12.4. The lowest BCUT2D eigenvalue weighted by molar-refractivity contribution is -0.124. The van der Waals surface area contributed by atoms with Crippen molar-refractivity contribution in [1.29, 1.82) is 0 Å². The number of hydrogen-bond donors (Lipinski definition) is 3. The summed E-state index contributed by atoms with van der Waals surface area (Å²) in [5, 5.41) is 3.01. The van der Waals surface area contributed by atoms with Gasteiger partial charge in [-0.1, -0.05) is 19.1 Å². The largest absolute Gasteiger partial charge is 0.395 e. The molecule has 11 heteroatoms. The summed E-state index contributed by atoms with van der Waals surface area (Å²) in [5.74, 6) is -2.51. The highest BCUT2D eigenvalue weighted by Crippen LogP contribution is 2.34. The van der Waals surface area contributed by atoms with Crippen LogP contribution in [0.15, 0.2) is 48.5 Å². The van der Waals surface area contributed by atoms with E-state index >= 15 is 0 Å². The summed E-state index contributed by atoms with van der Waals surface area (Å²) in [6, 6.07) is 11.2. The lowest BCUT2D eigenvalue weighted by Gasteiger charge is -2.34. The number of nitrogens with one attached hydrogen (secondary N) is 1. The number of carbonyl (C=O) groups is 3. The molecule has 0 aliphatic rings. The second kappa shape index (κ2) is 11.0. The molecule has 1 heterocycles. The Labute approximate surface area is 219 Å². The van der Waals surface area contributed by atoms with Crippen molar-refractivity contribution >= 4 is 46.3 Å². The van der Waals surface area contributed by atoms with Crippen molar-refractivity contribution < 1.29 is 18.8 Å². The number of carbonyl (C=O) groups excluding carboxylic acids is 3. The van der Waals surface area contributed by atoms with E-state index in [1.165, 1.54) is 29.2 Å². The number of aromatic nitrogens is 1. The van der Waals surface area contributed by atoms with Crippen molar-refractivity contribution in [3.8, 4) is 0 Å². The third kappa shape index (κ3) is 6.05. The van der Waals surface area contributed by atoms with Crippen molar-refractivity contribution in [2.45, 2.75) is 38.8 Å². The number of benzene rings is 2. The monoisotopic (exact) mass is 526 g/mol. The molecule has 1 aromatic heterocycles. The molecule has 0 aliphatic heterocycles. The predicted octanol–water partition coefficient (Wildman–Crippen LogP) is 3.72. The quantitative estimate of drug-likeness (QED) is 0.389. The van der Waals surface area contributed by atoms with Crippen LogP contribution >= 0.6 is 11.5 Å². The van der Waals surface area contributed by atoms with Crippen LogP contribution in [-0.2, 0) is 4.79 Å². The van der Waals surface area contributed by atoms with Crippen LogP contribution in [0.2, 0.25) is 0 Å². The molecular formula is C26H31FN6O3S. The molecule has 3 rings (SSSR count). The summed E-state index contributed by atoms with van der Waals surface area (Å²) < 4.78 is 17.8. The zero-order chi connectivity index (χ0) is 27.5. The average Bonchev–Trinajstić information content (AvgIpc) is 3.24. The number of rotatable bonds is 9. The number of anilines is 3. The van der Waals surface area contributed by atoms with E-state index in [2.05, 4.69) is 9.69 Å². The van der Waals surface area contributed by atoms with Crippen LogP contribution in [-0.4, -0.2) is 41.7 Å². The highest BCUT2D eigenvalue weighted by Gasteiger charge is 2.37. The maximum atomic E-state index is 14.0. The molecule has 196 valence electrons. The third-order valence-electron chi connectivity index (χ3n) is 6.06. The van der Waals surface area contributed by atoms with Gasteiger partial charge in [0.15, 0.2) is 5.69 Å². The first-order chi connectivity index (χ1) is 17.4. The van der Waals surface area contributed by atoms with Crippen LogP contribution < -0.4 is 26.6 Å². The Morgan fingerprint density at radius 3 is 2.11 bits per heavy atom. The summed E-state index contributed by atoms with van der Waals surface area (Å²) >= 11 is 0.708. The van der Waals surface area contributed by atoms with Gasteiger partial charge in [0, 0.05) is 31.0 Å². The molecule has 0 spiro atoms. The van der Waals surface area contributed by atoms with E-state index < -0.39 is 35.1 Å². The van der Waals surface area contributed by atoms with E-state index in [1.807, 2.05) is 51.9 Å². The second-order valence-electron chi connectivity index (χ2n) is 9.40. The number of amides is 3. The SMILES string of the molecule is CCC(C)(C)NC(=O)C(c1ccc(N(C)C)cc1)N(C(=O)c1snc(C(N)=O)c1N)c1ccc(F)cc1. The van der Waals surface area contributed by atoms with Crippen LogP contribution in [0, 0.1) is 5.82 Å². The summed E-state index contributed by atoms with van der Waals surface area (Å²) in [6.07, 6.45) is 0.638. The van der Waals surface area contributed by atoms with E-state index in [1.54, 1.807) is 12.1 Å². The van der Waals surface area contributed by atoms with Gasteiger partial charge < -0.3 is 21.7 Å². The minimum Gasteiger partial charge on any atom is -0.395 e. The Morgan fingerprint density at radius 2 is 1.62 bits per heavy atom. The van der Waals surface area contributed by atoms with Gasteiger partial charge in [-0.2, -0.15) is 4.37 Å². The number of hydrogen-bond acceptors (Lipinski definition) is 7. The molecule has 1 unspecified atom stereocenters. The maximum absolute atomic E-state index is 14.0. The van der Waals surface area contributed by atoms with Crippen molar-refractivity contribution in [1.82, 2.24) is 9.69 Å². The Bertz CT molecular complexity index is 1290. The molecule has 1 atom stereocenters. The van der Waals surface area contributed by atoms with Gasteiger partial charge in [0.25, 0.3) is 11.8 Å². The number of nitrogen functional groups attached to an aromatic ring is 1. The van der Waals surface area contributed by atoms with Crippen molar-refractivity contribution in [3.05, 3.63) is 70.5 Å². The lowest BCUT2D eigenvalue weighted by atomic mass is 9.97. The molecule has 0 saturated heterocycles. The summed E-state index contributed by atoms with van der Waals surface area (Å²) in [6.45, 7) is 5.69. The number of halogens is 1. The molecule has 0 fully saturated rings. The molecular weight excluding hydrogens is 495 g/mol. The van der Waals surface area contributed by atoms with Gasteiger partial charge in [-0.3, -0.25) is 19.3 Å². The Kier molecular flexibility index (Phi) is 8.17. The molecule has 0 radical (unpaired) electrons. The Morgan fingerprint density at radius 1 is 1.05 bits per heavy atom. The van der Waals surface area contributed by atoms with Crippen molar-refractivity contribution in [3.63, 3.8) is 0 Å². The van der Waals surface area contributed by atoms with E-state index in [0.717, 1.165) is 5.69 Å². The standard InChI is InChI=1S/C26H31FN6O3S/c1-6-26(2,3)30-24(35)21(15-7-11-17(12-8-15)32(4)5)33(18-13-9-16(27)10-14-18)25(36)22-19(28)20(23(29)34)31-37-22/h7-14,21H,6,28H2,1-5H3,(H2,29,34)(H,30,35). The molecule has 3 aromatic rings. The van der Waals surface area contributed by atoms with Gasteiger partial charge in [0.05, 0.1) is 5.69 Å². The molecule has 0 bridgehead atoms. The normalized spacial score (nSPS) is 12.1. The van der Waals surface area contributed by atoms with E-state index in [-0.39, 0.29) is 21.9 Å².